The maximum atomic E-state index is 11.3. The van der Waals surface area contributed by atoms with Crippen LogP contribution < -0.4 is 11.0 Å². The lowest BCUT2D eigenvalue weighted by atomic mass is 10.1. The van der Waals surface area contributed by atoms with Crippen molar-refractivity contribution >= 4 is 11.8 Å². The zero-order chi connectivity index (χ0) is 14.5. The molecule has 0 fully saturated rings. The number of nitrogens with zero attached hydrogens (tertiary/aromatic N) is 2. The van der Waals surface area contributed by atoms with Gasteiger partial charge in [0.2, 0.25) is 0 Å². The lowest BCUT2D eigenvalue weighted by molar-refractivity contribution is 0.0702. The third-order valence-corrected chi connectivity index (χ3v) is 2.51. The van der Waals surface area contributed by atoms with E-state index in [4.69, 9.17) is 10.4 Å². The largest absolute Gasteiger partial charge is 0.288 e. The van der Waals surface area contributed by atoms with E-state index in [1.165, 1.54) is 47.6 Å². The molecule has 0 spiro atoms. The molecule has 0 saturated carbocycles. The minimum absolute atomic E-state index is 0.191. The third-order valence-electron chi connectivity index (χ3n) is 2.51. The average Bonchev–Trinajstić information content (AvgIpc) is 2.53. The van der Waals surface area contributed by atoms with Crippen molar-refractivity contribution in [3.63, 3.8) is 0 Å². The molecule has 0 unspecified atom stereocenters. The van der Waals surface area contributed by atoms with Crippen molar-refractivity contribution < 1.29 is 20.0 Å². The number of rotatable bonds is 3. The van der Waals surface area contributed by atoms with E-state index >= 15 is 0 Å². The van der Waals surface area contributed by atoms with Crippen LogP contribution in [0.3, 0.4) is 0 Å². The van der Waals surface area contributed by atoms with Crippen molar-refractivity contribution in [2.24, 2.45) is 0 Å². The summed E-state index contributed by atoms with van der Waals surface area (Å²) < 4.78 is 0. The summed E-state index contributed by atoms with van der Waals surface area (Å²) in [5, 5.41) is 17.2. The summed E-state index contributed by atoms with van der Waals surface area (Å²) in [5.74, 6) is -1.36. The second kappa shape index (κ2) is 5.87. The van der Waals surface area contributed by atoms with Crippen LogP contribution in [0.4, 0.5) is 0 Å². The molecule has 2 aromatic rings. The van der Waals surface area contributed by atoms with Crippen molar-refractivity contribution in [1.29, 1.82) is 0 Å². The van der Waals surface area contributed by atoms with E-state index in [2.05, 4.69) is 9.97 Å². The first-order valence-electron chi connectivity index (χ1n) is 5.47. The van der Waals surface area contributed by atoms with Crippen LogP contribution in [-0.4, -0.2) is 32.2 Å². The number of nitrogens with one attached hydrogen (secondary N) is 2. The van der Waals surface area contributed by atoms with E-state index in [9.17, 15) is 9.59 Å². The highest BCUT2D eigenvalue weighted by atomic mass is 16.5. The van der Waals surface area contributed by atoms with Gasteiger partial charge in [0.15, 0.2) is 0 Å². The Kier molecular flexibility index (Phi) is 3.99. The fourth-order valence-corrected chi connectivity index (χ4v) is 1.55. The van der Waals surface area contributed by atoms with E-state index in [1.807, 2.05) is 0 Å². The Labute approximate surface area is 113 Å². The minimum atomic E-state index is -0.682. The first-order valence-corrected chi connectivity index (χ1v) is 5.47. The van der Waals surface area contributed by atoms with Gasteiger partial charge in [-0.1, -0.05) is 0 Å². The molecule has 2 rings (SSSR count). The van der Waals surface area contributed by atoms with Crippen LogP contribution in [0.2, 0.25) is 0 Å². The first-order chi connectivity index (χ1) is 9.65. The molecule has 8 heteroatoms. The van der Waals surface area contributed by atoms with E-state index in [1.54, 1.807) is 0 Å². The van der Waals surface area contributed by atoms with Crippen molar-refractivity contribution in [1.82, 2.24) is 20.9 Å². The van der Waals surface area contributed by atoms with Crippen LogP contribution >= 0.6 is 0 Å². The van der Waals surface area contributed by atoms with Crippen LogP contribution in [-0.2, 0) is 0 Å². The Balaban J connectivity index is 2.41. The number of hydroxylamine groups is 2. The van der Waals surface area contributed by atoms with E-state index in [0.717, 1.165) is 0 Å². The zero-order valence-corrected chi connectivity index (χ0v) is 10.1. The molecule has 102 valence electrons. The standard InChI is InChI=1S/C12H10N4O4/c17-11(15-19)7-1-3-13-9(5-7)10-6-8(2-4-14-10)12(18)16-20/h1-6,19-20H,(H,15,17)(H,16,18). The fraction of sp³-hybridized carbons (Fsp3) is 0. The topological polar surface area (TPSA) is 124 Å². The van der Waals surface area contributed by atoms with Gasteiger partial charge in [0.05, 0.1) is 11.4 Å². The number of carbonyl (C=O) groups excluding carboxylic acids is 2. The Bertz CT molecular complexity index is 602. The maximum absolute atomic E-state index is 11.3. The highest BCUT2D eigenvalue weighted by Crippen LogP contribution is 2.16. The molecule has 4 N–H and O–H groups in total. The van der Waals surface area contributed by atoms with Gasteiger partial charge in [0, 0.05) is 23.5 Å². The van der Waals surface area contributed by atoms with E-state index in [-0.39, 0.29) is 11.1 Å². The van der Waals surface area contributed by atoms with Crippen LogP contribution in [0.25, 0.3) is 11.4 Å². The molecule has 20 heavy (non-hydrogen) atoms. The van der Waals surface area contributed by atoms with Gasteiger partial charge >= 0.3 is 0 Å². The molecule has 2 amide bonds. The molecule has 2 aromatic heterocycles. The molecule has 0 aliphatic heterocycles. The van der Waals surface area contributed by atoms with Gasteiger partial charge in [-0.15, -0.1) is 0 Å². The molecule has 0 saturated heterocycles. The average molecular weight is 274 g/mol. The summed E-state index contributed by atoms with van der Waals surface area (Å²) in [6.07, 6.45) is 2.75. The molecule has 2 heterocycles. The number of carbonyl (C=O) groups is 2. The van der Waals surface area contributed by atoms with E-state index < -0.39 is 11.8 Å². The summed E-state index contributed by atoms with van der Waals surface area (Å²) in [6.45, 7) is 0. The zero-order valence-electron chi connectivity index (χ0n) is 10.1. The highest BCUT2D eigenvalue weighted by molar-refractivity contribution is 5.95. The lowest BCUT2D eigenvalue weighted by Gasteiger charge is -2.04. The van der Waals surface area contributed by atoms with Crippen LogP contribution in [0.1, 0.15) is 20.7 Å². The van der Waals surface area contributed by atoms with Crippen LogP contribution in [0.5, 0.6) is 0 Å². The van der Waals surface area contributed by atoms with Gasteiger partial charge in [-0.05, 0) is 24.3 Å². The SMILES string of the molecule is O=C(NO)c1ccnc(-c2cc(C(=O)NO)ccn2)c1. The molecule has 0 aliphatic carbocycles. The molecule has 0 radical (unpaired) electrons. The number of pyridine rings is 2. The normalized spacial score (nSPS) is 9.90. The lowest BCUT2D eigenvalue weighted by Crippen LogP contribution is -2.19. The van der Waals surface area contributed by atoms with Gasteiger partial charge in [-0.3, -0.25) is 30.0 Å². The predicted octanol–water partition coefficient (Wildman–Crippen LogP) is 0.382. The molecule has 0 aliphatic rings. The molecular weight excluding hydrogens is 264 g/mol. The summed E-state index contributed by atoms with van der Waals surface area (Å²) in [6, 6.07) is 5.65. The molecular formula is C12H10N4O4. The van der Waals surface area contributed by atoms with E-state index in [0.29, 0.717) is 11.4 Å². The summed E-state index contributed by atoms with van der Waals surface area (Å²) in [5.41, 5.74) is 4.10. The second-order valence-corrected chi connectivity index (χ2v) is 3.74. The number of aromatic nitrogens is 2. The molecule has 0 bridgehead atoms. The van der Waals surface area contributed by atoms with Gasteiger partial charge in [0.25, 0.3) is 11.8 Å². The minimum Gasteiger partial charge on any atom is -0.288 e. The van der Waals surface area contributed by atoms with Crippen molar-refractivity contribution in [2.45, 2.75) is 0 Å². The smallest absolute Gasteiger partial charge is 0.274 e. The van der Waals surface area contributed by atoms with Crippen molar-refractivity contribution in [2.75, 3.05) is 0 Å². The third kappa shape index (κ3) is 2.76. The number of hydrogen-bond acceptors (Lipinski definition) is 6. The van der Waals surface area contributed by atoms with Crippen molar-refractivity contribution in [3.05, 3.63) is 47.8 Å². The maximum Gasteiger partial charge on any atom is 0.274 e. The molecule has 0 atom stereocenters. The van der Waals surface area contributed by atoms with Crippen LogP contribution in [0.15, 0.2) is 36.7 Å². The number of hydrogen-bond donors (Lipinski definition) is 4. The Morgan fingerprint density at radius 3 is 1.60 bits per heavy atom. The fourth-order valence-electron chi connectivity index (χ4n) is 1.55. The van der Waals surface area contributed by atoms with Crippen molar-refractivity contribution in [3.8, 4) is 11.4 Å². The second-order valence-electron chi connectivity index (χ2n) is 3.74. The monoisotopic (exact) mass is 274 g/mol. The Hall–Kier alpha value is -2.84. The van der Waals surface area contributed by atoms with Gasteiger partial charge in [-0.25, -0.2) is 11.0 Å². The summed E-state index contributed by atoms with van der Waals surface area (Å²) in [7, 11) is 0. The first kappa shape index (κ1) is 13.6. The Morgan fingerprint density at radius 2 is 1.25 bits per heavy atom. The highest BCUT2D eigenvalue weighted by Gasteiger charge is 2.10. The Morgan fingerprint density at radius 1 is 0.850 bits per heavy atom. The van der Waals surface area contributed by atoms with Crippen LogP contribution in [0, 0.1) is 0 Å². The quantitative estimate of drug-likeness (QED) is 0.474. The predicted molar refractivity (Wildman–Crippen MR) is 66.0 cm³/mol. The van der Waals surface area contributed by atoms with Gasteiger partial charge < -0.3 is 0 Å². The summed E-state index contributed by atoms with van der Waals surface area (Å²) >= 11 is 0. The summed E-state index contributed by atoms with van der Waals surface area (Å²) in [4.78, 5) is 30.7. The van der Waals surface area contributed by atoms with Gasteiger partial charge in [-0.2, -0.15) is 0 Å². The molecule has 8 nitrogen and oxygen atoms in total. The molecule has 0 aromatic carbocycles. The van der Waals surface area contributed by atoms with Gasteiger partial charge in [0.1, 0.15) is 0 Å². The number of amides is 2.